The number of rotatable bonds is 10. The topological polar surface area (TPSA) is 76.4 Å². The van der Waals surface area contributed by atoms with E-state index >= 15 is 0 Å². The number of ether oxygens (including phenoxy) is 1. The summed E-state index contributed by atoms with van der Waals surface area (Å²) in [6, 6.07) is 0. The van der Waals surface area contributed by atoms with Crippen molar-refractivity contribution in [3.05, 3.63) is 11.6 Å². The lowest BCUT2D eigenvalue weighted by Gasteiger charge is -2.22. The minimum absolute atomic E-state index is 0.498. The van der Waals surface area contributed by atoms with Crippen LogP contribution in [0.2, 0.25) is 0 Å². The molecule has 1 saturated carbocycles. The Bertz CT molecular complexity index is 608. The average Bonchev–Trinajstić information content (AvgIpc) is 2.97. The summed E-state index contributed by atoms with van der Waals surface area (Å²) in [6.07, 6.45) is 14.9. The second kappa shape index (κ2) is 12.8. The zero-order valence-corrected chi connectivity index (χ0v) is 18.3. The summed E-state index contributed by atoms with van der Waals surface area (Å²) in [5.41, 5.74) is 0. The number of guanidine groups is 1. The van der Waals surface area contributed by atoms with Crippen LogP contribution in [0, 0.1) is 0 Å². The minimum Gasteiger partial charge on any atom is -0.378 e. The van der Waals surface area contributed by atoms with Gasteiger partial charge in [0.05, 0.1) is 6.10 Å². The lowest BCUT2D eigenvalue weighted by molar-refractivity contribution is 0.0277. The number of hydrogen-bond donors (Lipinski definition) is 2. The van der Waals surface area contributed by atoms with Gasteiger partial charge in [-0.05, 0) is 45.4 Å². The van der Waals surface area contributed by atoms with Crippen molar-refractivity contribution in [3.63, 3.8) is 0 Å². The van der Waals surface area contributed by atoms with E-state index in [4.69, 9.17) is 9.73 Å². The van der Waals surface area contributed by atoms with Gasteiger partial charge in [-0.15, -0.1) is 10.2 Å². The molecule has 1 fully saturated rings. The first kappa shape index (κ1) is 22.1. The SMILES string of the molecule is CCNC(=NCCCc1nnc2n1CCCCC2)NCCCOC1CCCCC1. The van der Waals surface area contributed by atoms with Crippen LogP contribution >= 0.6 is 0 Å². The Hall–Kier alpha value is -1.63. The number of hydrogen-bond acceptors (Lipinski definition) is 4. The average molecular weight is 405 g/mol. The lowest BCUT2D eigenvalue weighted by atomic mass is 9.98. The van der Waals surface area contributed by atoms with Crippen LogP contribution in [0.3, 0.4) is 0 Å². The Balaban J connectivity index is 1.33. The highest BCUT2D eigenvalue weighted by molar-refractivity contribution is 5.79. The van der Waals surface area contributed by atoms with Crippen LogP contribution in [0.4, 0.5) is 0 Å². The molecule has 0 spiro atoms. The van der Waals surface area contributed by atoms with E-state index in [9.17, 15) is 0 Å². The minimum atomic E-state index is 0.498. The van der Waals surface area contributed by atoms with Gasteiger partial charge in [-0.25, -0.2) is 0 Å². The molecular formula is C22H40N6O. The van der Waals surface area contributed by atoms with Crippen molar-refractivity contribution in [3.8, 4) is 0 Å². The van der Waals surface area contributed by atoms with Crippen molar-refractivity contribution >= 4 is 5.96 Å². The predicted molar refractivity (Wildman–Crippen MR) is 117 cm³/mol. The third-order valence-corrected chi connectivity index (χ3v) is 5.88. The second-order valence-corrected chi connectivity index (χ2v) is 8.27. The first-order valence-corrected chi connectivity index (χ1v) is 11.9. The molecule has 0 unspecified atom stereocenters. The second-order valence-electron chi connectivity index (χ2n) is 8.27. The summed E-state index contributed by atoms with van der Waals surface area (Å²) in [4.78, 5) is 4.73. The van der Waals surface area contributed by atoms with Gasteiger partial charge in [0.15, 0.2) is 5.96 Å². The Morgan fingerprint density at radius 2 is 1.93 bits per heavy atom. The van der Waals surface area contributed by atoms with E-state index in [0.717, 1.165) is 70.3 Å². The van der Waals surface area contributed by atoms with Crippen molar-refractivity contribution in [1.82, 2.24) is 25.4 Å². The number of nitrogens with one attached hydrogen (secondary N) is 2. The molecule has 1 aromatic rings. The summed E-state index contributed by atoms with van der Waals surface area (Å²) < 4.78 is 8.34. The highest BCUT2D eigenvalue weighted by atomic mass is 16.5. The van der Waals surface area contributed by atoms with Crippen LogP contribution in [0.1, 0.15) is 82.8 Å². The van der Waals surface area contributed by atoms with E-state index in [1.807, 2.05) is 0 Å². The fourth-order valence-corrected chi connectivity index (χ4v) is 4.26. The van der Waals surface area contributed by atoms with Crippen molar-refractivity contribution in [2.45, 2.75) is 96.6 Å². The Kier molecular flexibility index (Phi) is 9.76. The molecule has 164 valence electrons. The molecule has 0 amide bonds. The summed E-state index contributed by atoms with van der Waals surface area (Å²) in [5.74, 6) is 3.21. The van der Waals surface area contributed by atoms with Crippen molar-refractivity contribution in [2.24, 2.45) is 4.99 Å². The molecule has 0 radical (unpaired) electrons. The molecule has 0 bridgehead atoms. The van der Waals surface area contributed by atoms with Gasteiger partial charge in [0, 0.05) is 45.6 Å². The van der Waals surface area contributed by atoms with Gasteiger partial charge >= 0.3 is 0 Å². The van der Waals surface area contributed by atoms with E-state index in [1.54, 1.807) is 0 Å². The Labute approximate surface area is 176 Å². The van der Waals surface area contributed by atoms with Crippen LogP contribution in [-0.4, -0.2) is 53.1 Å². The fourth-order valence-electron chi connectivity index (χ4n) is 4.26. The molecule has 0 atom stereocenters. The molecule has 1 aromatic heterocycles. The molecule has 1 aliphatic heterocycles. The third kappa shape index (κ3) is 7.61. The van der Waals surface area contributed by atoms with Crippen LogP contribution in [0.15, 0.2) is 4.99 Å². The highest BCUT2D eigenvalue weighted by Crippen LogP contribution is 2.20. The van der Waals surface area contributed by atoms with E-state index in [2.05, 4.69) is 32.3 Å². The first-order valence-electron chi connectivity index (χ1n) is 11.9. The maximum Gasteiger partial charge on any atom is 0.191 e. The summed E-state index contributed by atoms with van der Waals surface area (Å²) >= 11 is 0. The number of nitrogens with zero attached hydrogens (tertiary/aromatic N) is 4. The third-order valence-electron chi connectivity index (χ3n) is 5.88. The van der Waals surface area contributed by atoms with Crippen LogP contribution in [0.5, 0.6) is 0 Å². The fraction of sp³-hybridized carbons (Fsp3) is 0.864. The van der Waals surface area contributed by atoms with Crippen LogP contribution in [0.25, 0.3) is 0 Å². The molecule has 0 aromatic carbocycles. The Morgan fingerprint density at radius 1 is 1.07 bits per heavy atom. The predicted octanol–water partition coefficient (Wildman–Crippen LogP) is 3.23. The van der Waals surface area contributed by atoms with Gasteiger partial charge in [-0.1, -0.05) is 25.7 Å². The van der Waals surface area contributed by atoms with Gasteiger partial charge in [0.25, 0.3) is 0 Å². The maximum atomic E-state index is 6.00. The van der Waals surface area contributed by atoms with Crippen molar-refractivity contribution < 1.29 is 4.74 Å². The van der Waals surface area contributed by atoms with Gasteiger partial charge in [-0.3, -0.25) is 4.99 Å². The first-order chi connectivity index (χ1) is 14.4. The van der Waals surface area contributed by atoms with Crippen molar-refractivity contribution in [1.29, 1.82) is 0 Å². The van der Waals surface area contributed by atoms with Gasteiger partial charge in [0.2, 0.25) is 0 Å². The zero-order valence-electron chi connectivity index (χ0n) is 18.3. The van der Waals surface area contributed by atoms with Crippen LogP contribution < -0.4 is 10.6 Å². The molecule has 1 aliphatic carbocycles. The molecule has 7 nitrogen and oxygen atoms in total. The standard InChI is InChI=1S/C22H40N6O/c1-2-23-22(25-16-10-18-29-19-11-5-3-6-12-19)24-15-9-14-21-27-26-20-13-7-4-8-17-28(20)21/h19H,2-18H2,1H3,(H2,23,24,25). The molecule has 7 heteroatoms. The highest BCUT2D eigenvalue weighted by Gasteiger charge is 2.14. The maximum absolute atomic E-state index is 6.00. The molecule has 29 heavy (non-hydrogen) atoms. The van der Waals surface area contributed by atoms with Gasteiger partial charge in [-0.2, -0.15) is 0 Å². The Morgan fingerprint density at radius 3 is 2.79 bits per heavy atom. The number of aromatic nitrogens is 3. The van der Waals surface area contributed by atoms with E-state index in [0.29, 0.717) is 6.10 Å². The molecule has 2 N–H and O–H groups in total. The monoisotopic (exact) mass is 404 g/mol. The van der Waals surface area contributed by atoms with E-state index < -0.39 is 0 Å². The zero-order chi connectivity index (χ0) is 20.2. The van der Waals surface area contributed by atoms with Gasteiger partial charge in [0.1, 0.15) is 11.6 Å². The van der Waals surface area contributed by atoms with Crippen molar-refractivity contribution in [2.75, 3.05) is 26.2 Å². The molecule has 3 rings (SSSR count). The van der Waals surface area contributed by atoms with Gasteiger partial charge < -0.3 is 19.9 Å². The molecule has 2 heterocycles. The normalized spacial score (nSPS) is 18.3. The summed E-state index contributed by atoms with van der Waals surface area (Å²) in [7, 11) is 0. The van der Waals surface area contributed by atoms with Crippen LogP contribution in [-0.2, 0) is 24.1 Å². The number of fused-ring (bicyclic) bond motifs is 1. The molecular weight excluding hydrogens is 364 g/mol. The largest absolute Gasteiger partial charge is 0.378 e. The number of aliphatic imine (C=N–C) groups is 1. The quantitative estimate of drug-likeness (QED) is 0.356. The van der Waals surface area contributed by atoms with E-state index in [1.165, 1.54) is 57.2 Å². The summed E-state index contributed by atoms with van der Waals surface area (Å²) in [6.45, 7) is 6.60. The molecule has 2 aliphatic rings. The lowest BCUT2D eigenvalue weighted by Crippen LogP contribution is -2.38. The summed E-state index contributed by atoms with van der Waals surface area (Å²) in [5, 5.41) is 15.6. The van der Waals surface area contributed by atoms with E-state index in [-0.39, 0.29) is 0 Å². The smallest absolute Gasteiger partial charge is 0.191 e. The molecule has 0 saturated heterocycles. The number of aryl methyl sites for hydroxylation is 2.